The lowest BCUT2D eigenvalue weighted by Crippen LogP contribution is -2.49. The molecule has 1 aliphatic heterocycles. The van der Waals surface area contributed by atoms with Gasteiger partial charge in [0.1, 0.15) is 0 Å². The second kappa shape index (κ2) is 5.78. The fraction of sp³-hybridized carbons (Fsp3) is 0.600. The highest BCUT2D eigenvalue weighted by molar-refractivity contribution is 8.13. The molecule has 1 N–H and O–H groups in total. The summed E-state index contributed by atoms with van der Waals surface area (Å²) in [6.07, 6.45) is 0.734. The monoisotopic (exact) mass is 331 g/mol. The van der Waals surface area contributed by atoms with Gasteiger partial charge in [0.15, 0.2) is 0 Å². The van der Waals surface area contributed by atoms with Gasteiger partial charge >= 0.3 is 0 Å². The van der Waals surface area contributed by atoms with Gasteiger partial charge in [0.2, 0.25) is 9.05 Å². The van der Waals surface area contributed by atoms with Gasteiger partial charge in [0.25, 0.3) is 0 Å². The lowest BCUT2D eigenvalue weighted by molar-refractivity contribution is 0.281. The van der Waals surface area contributed by atoms with Crippen LogP contribution in [-0.4, -0.2) is 31.4 Å². The molecule has 1 unspecified atom stereocenters. The van der Waals surface area contributed by atoms with Gasteiger partial charge in [-0.1, -0.05) is 12.1 Å². The highest BCUT2D eigenvalue weighted by Gasteiger charge is 2.38. The van der Waals surface area contributed by atoms with Crippen molar-refractivity contribution < 1.29 is 13.5 Å². The molecule has 0 spiro atoms. The van der Waals surface area contributed by atoms with Gasteiger partial charge in [-0.3, -0.25) is 0 Å². The number of aliphatic hydroxyl groups excluding tert-OH is 1. The predicted octanol–water partition coefficient (Wildman–Crippen LogP) is 2.84. The molecule has 21 heavy (non-hydrogen) atoms. The third-order valence-corrected chi connectivity index (χ3v) is 5.38. The van der Waals surface area contributed by atoms with Crippen LogP contribution in [-0.2, 0) is 15.7 Å². The molecule has 118 valence electrons. The Bertz CT molecular complexity index is 628. The Labute approximate surface area is 131 Å². The Balaban J connectivity index is 2.54. The maximum atomic E-state index is 11.5. The maximum absolute atomic E-state index is 11.5. The van der Waals surface area contributed by atoms with Crippen molar-refractivity contribution in [3.8, 4) is 0 Å². The van der Waals surface area contributed by atoms with Crippen LogP contribution in [0.5, 0.6) is 0 Å². The summed E-state index contributed by atoms with van der Waals surface area (Å²) in [5.41, 5.74) is 2.68. The number of benzene rings is 1. The van der Waals surface area contributed by atoms with Crippen LogP contribution >= 0.6 is 10.7 Å². The molecular formula is C15H22ClNO3S. The van der Waals surface area contributed by atoms with E-state index in [2.05, 4.69) is 25.7 Å². The van der Waals surface area contributed by atoms with Gasteiger partial charge in [-0.15, -0.1) is 0 Å². The van der Waals surface area contributed by atoms with Crippen molar-refractivity contribution in [1.29, 1.82) is 0 Å². The van der Waals surface area contributed by atoms with Gasteiger partial charge < -0.3 is 10.0 Å². The molecule has 0 amide bonds. The second-order valence-electron chi connectivity index (χ2n) is 6.21. The van der Waals surface area contributed by atoms with Crippen molar-refractivity contribution in [2.24, 2.45) is 0 Å². The molecule has 0 saturated heterocycles. The topological polar surface area (TPSA) is 57.6 Å². The van der Waals surface area contributed by atoms with Crippen molar-refractivity contribution in [3.63, 3.8) is 0 Å². The Morgan fingerprint density at radius 2 is 2.10 bits per heavy atom. The fourth-order valence-electron chi connectivity index (χ4n) is 3.40. The smallest absolute Gasteiger partial charge is 0.233 e. The predicted molar refractivity (Wildman–Crippen MR) is 86.5 cm³/mol. The van der Waals surface area contributed by atoms with Crippen molar-refractivity contribution in [2.45, 2.75) is 45.3 Å². The van der Waals surface area contributed by atoms with Crippen LogP contribution in [0.2, 0.25) is 0 Å². The van der Waals surface area contributed by atoms with E-state index in [-0.39, 0.29) is 23.8 Å². The number of rotatable bonds is 4. The fourth-order valence-corrected chi connectivity index (χ4v) is 4.64. The first-order valence-corrected chi connectivity index (χ1v) is 9.59. The minimum atomic E-state index is -3.55. The van der Waals surface area contributed by atoms with E-state index in [0.29, 0.717) is 0 Å². The largest absolute Gasteiger partial charge is 0.392 e. The molecule has 1 aromatic rings. The molecule has 6 heteroatoms. The van der Waals surface area contributed by atoms with E-state index in [1.807, 2.05) is 18.2 Å². The lowest BCUT2D eigenvalue weighted by Gasteiger charge is -2.47. The molecule has 0 fully saturated rings. The lowest BCUT2D eigenvalue weighted by atomic mass is 9.79. The maximum Gasteiger partial charge on any atom is 0.233 e. The van der Waals surface area contributed by atoms with Crippen molar-refractivity contribution in [3.05, 3.63) is 29.3 Å². The Morgan fingerprint density at radius 3 is 2.62 bits per heavy atom. The molecule has 0 bridgehead atoms. The van der Waals surface area contributed by atoms with E-state index >= 15 is 0 Å². The first-order valence-electron chi connectivity index (χ1n) is 7.11. The summed E-state index contributed by atoms with van der Waals surface area (Å²) in [4.78, 5) is 2.26. The first kappa shape index (κ1) is 16.6. The first-order chi connectivity index (χ1) is 9.68. The summed E-state index contributed by atoms with van der Waals surface area (Å²) in [6, 6.07) is 5.72. The number of aliphatic hydroxyl groups is 1. The number of nitrogens with zero attached hydrogens (tertiary/aromatic N) is 1. The average molecular weight is 332 g/mol. The average Bonchev–Trinajstić information content (AvgIpc) is 2.35. The molecule has 0 radical (unpaired) electrons. The van der Waals surface area contributed by atoms with Crippen LogP contribution in [0.4, 0.5) is 5.69 Å². The zero-order chi connectivity index (χ0) is 15.8. The summed E-state index contributed by atoms with van der Waals surface area (Å²) >= 11 is 0. The molecule has 0 aliphatic carbocycles. The van der Waals surface area contributed by atoms with Gasteiger partial charge in [0.05, 0.1) is 12.4 Å². The van der Waals surface area contributed by atoms with Crippen LogP contribution in [0.15, 0.2) is 18.2 Å². The molecule has 1 aliphatic rings. The molecule has 1 atom stereocenters. The van der Waals surface area contributed by atoms with Gasteiger partial charge in [-0.2, -0.15) is 0 Å². The van der Waals surface area contributed by atoms with E-state index in [9.17, 15) is 13.5 Å². The zero-order valence-electron chi connectivity index (χ0n) is 12.6. The van der Waals surface area contributed by atoms with E-state index < -0.39 is 9.05 Å². The third kappa shape index (κ3) is 3.52. The standard InChI is InChI=1S/C15H22ClNO3S/c1-4-17-14-7-11(9-18)5-6-13(14)12(8-15(17,2)3)10-21(16,19)20/h5-7,12,18H,4,8-10H2,1-3H3. The molecule has 0 aromatic heterocycles. The van der Waals surface area contributed by atoms with Crippen LogP contribution < -0.4 is 4.90 Å². The third-order valence-electron chi connectivity index (χ3n) is 4.20. The van der Waals surface area contributed by atoms with Crippen LogP contribution in [0.25, 0.3) is 0 Å². The van der Waals surface area contributed by atoms with Crippen LogP contribution in [0.3, 0.4) is 0 Å². The minimum Gasteiger partial charge on any atom is -0.392 e. The molecule has 2 rings (SSSR count). The Hall–Kier alpha value is -0.780. The Kier molecular flexibility index (Phi) is 4.57. The number of anilines is 1. The highest BCUT2D eigenvalue weighted by Crippen LogP contribution is 2.44. The summed E-state index contributed by atoms with van der Waals surface area (Å²) in [6.45, 7) is 7.10. The van der Waals surface area contributed by atoms with E-state index in [0.717, 1.165) is 29.8 Å². The highest BCUT2D eigenvalue weighted by atomic mass is 35.7. The zero-order valence-corrected chi connectivity index (χ0v) is 14.2. The van der Waals surface area contributed by atoms with Crippen molar-refractivity contribution in [1.82, 2.24) is 0 Å². The van der Waals surface area contributed by atoms with Crippen molar-refractivity contribution >= 4 is 25.4 Å². The molecule has 4 nitrogen and oxygen atoms in total. The second-order valence-corrected chi connectivity index (χ2v) is 9.04. The quantitative estimate of drug-likeness (QED) is 0.862. The summed E-state index contributed by atoms with van der Waals surface area (Å²) in [5.74, 6) is -0.172. The summed E-state index contributed by atoms with van der Waals surface area (Å²) < 4.78 is 23.0. The summed E-state index contributed by atoms with van der Waals surface area (Å²) in [5, 5.41) is 9.35. The van der Waals surface area contributed by atoms with E-state index in [4.69, 9.17) is 10.7 Å². The molecular weight excluding hydrogens is 310 g/mol. The minimum absolute atomic E-state index is 0.0241. The normalized spacial score (nSPS) is 21.2. The van der Waals surface area contributed by atoms with Crippen LogP contribution in [0, 0.1) is 0 Å². The van der Waals surface area contributed by atoms with Gasteiger partial charge in [0, 0.05) is 34.4 Å². The molecule has 0 saturated carbocycles. The molecule has 1 aromatic carbocycles. The number of hydrogen-bond acceptors (Lipinski definition) is 4. The number of hydrogen-bond donors (Lipinski definition) is 1. The SMILES string of the molecule is CCN1c2cc(CO)ccc2C(CS(=O)(=O)Cl)CC1(C)C. The van der Waals surface area contributed by atoms with Gasteiger partial charge in [-0.05, 0) is 44.4 Å². The van der Waals surface area contributed by atoms with E-state index in [1.165, 1.54) is 0 Å². The Morgan fingerprint density at radius 1 is 1.43 bits per heavy atom. The summed E-state index contributed by atoms with van der Waals surface area (Å²) in [7, 11) is 1.92. The van der Waals surface area contributed by atoms with Crippen molar-refractivity contribution in [2.75, 3.05) is 17.2 Å². The molecule has 1 heterocycles. The van der Waals surface area contributed by atoms with Crippen LogP contribution in [0.1, 0.15) is 44.2 Å². The van der Waals surface area contributed by atoms with Gasteiger partial charge in [-0.25, -0.2) is 8.42 Å². The number of halogens is 1. The number of fused-ring (bicyclic) bond motifs is 1. The van der Waals surface area contributed by atoms with E-state index in [1.54, 1.807) is 0 Å².